The molecule has 1 aromatic carbocycles. The van der Waals surface area contributed by atoms with Gasteiger partial charge in [-0.05, 0) is 31.9 Å². The Morgan fingerprint density at radius 3 is 2.95 bits per heavy atom. The summed E-state index contributed by atoms with van der Waals surface area (Å²) >= 11 is 0. The average Bonchev–Trinajstić information content (AvgIpc) is 3.26. The molecular weight excluding hydrogens is 271 g/mol. The van der Waals surface area contributed by atoms with E-state index in [9.17, 15) is 9.18 Å². The predicted molar refractivity (Wildman–Crippen MR) is 79.7 cm³/mol. The Bertz CT molecular complexity index is 475. The van der Waals surface area contributed by atoms with Crippen LogP contribution < -0.4 is 15.4 Å². The lowest BCUT2D eigenvalue weighted by molar-refractivity contribution is -0.121. The summed E-state index contributed by atoms with van der Waals surface area (Å²) in [4.78, 5) is 11.6. The van der Waals surface area contributed by atoms with Gasteiger partial charge in [-0.1, -0.05) is 19.1 Å². The van der Waals surface area contributed by atoms with Crippen LogP contribution >= 0.6 is 0 Å². The second-order valence-corrected chi connectivity index (χ2v) is 5.35. The summed E-state index contributed by atoms with van der Waals surface area (Å²) in [5.41, 5.74) is 0.783. The van der Waals surface area contributed by atoms with Crippen LogP contribution in [0.3, 0.4) is 0 Å². The smallest absolute Gasteiger partial charge is 0.223 e. The zero-order valence-corrected chi connectivity index (χ0v) is 12.5. The van der Waals surface area contributed by atoms with Gasteiger partial charge in [-0.2, -0.15) is 0 Å². The molecule has 1 fully saturated rings. The molecule has 0 spiro atoms. The van der Waals surface area contributed by atoms with E-state index in [-0.39, 0.29) is 30.5 Å². The molecule has 116 valence electrons. The highest BCUT2D eigenvalue weighted by atomic mass is 19.1. The van der Waals surface area contributed by atoms with Gasteiger partial charge in [-0.3, -0.25) is 4.79 Å². The summed E-state index contributed by atoms with van der Waals surface area (Å²) in [6.07, 6.45) is 3.40. The van der Waals surface area contributed by atoms with Gasteiger partial charge >= 0.3 is 0 Å². The van der Waals surface area contributed by atoms with Gasteiger partial charge in [0.15, 0.2) is 11.6 Å². The van der Waals surface area contributed by atoms with Crippen LogP contribution in [-0.4, -0.2) is 25.1 Å². The van der Waals surface area contributed by atoms with Crippen molar-refractivity contribution in [3.63, 3.8) is 0 Å². The van der Waals surface area contributed by atoms with E-state index in [1.807, 2.05) is 6.07 Å². The molecule has 2 rings (SSSR count). The molecule has 0 radical (unpaired) electrons. The zero-order valence-electron chi connectivity index (χ0n) is 12.5. The summed E-state index contributed by atoms with van der Waals surface area (Å²) < 4.78 is 19.3. The van der Waals surface area contributed by atoms with Gasteiger partial charge in [0.1, 0.15) is 0 Å². The van der Waals surface area contributed by atoms with Crippen LogP contribution in [0.4, 0.5) is 4.39 Å². The van der Waals surface area contributed by atoms with Crippen LogP contribution in [0.15, 0.2) is 18.2 Å². The van der Waals surface area contributed by atoms with Crippen molar-refractivity contribution in [3.05, 3.63) is 29.6 Å². The molecule has 1 saturated carbocycles. The Morgan fingerprint density at radius 1 is 1.43 bits per heavy atom. The molecule has 0 unspecified atom stereocenters. The lowest BCUT2D eigenvalue weighted by atomic mass is 10.2. The number of benzene rings is 1. The van der Waals surface area contributed by atoms with E-state index in [4.69, 9.17) is 4.74 Å². The molecule has 1 amide bonds. The molecule has 21 heavy (non-hydrogen) atoms. The first-order valence-electron chi connectivity index (χ1n) is 7.61. The van der Waals surface area contributed by atoms with E-state index in [0.29, 0.717) is 12.6 Å². The Kier molecular flexibility index (Phi) is 5.99. The minimum atomic E-state index is -0.381. The van der Waals surface area contributed by atoms with E-state index in [1.54, 1.807) is 6.07 Å². The van der Waals surface area contributed by atoms with Crippen molar-refractivity contribution in [1.29, 1.82) is 0 Å². The van der Waals surface area contributed by atoms with E-state index in [2.05, 4.69) is 17.6 Å². The highest BCUT2D eigenvalue weighted by Gasteiger charge is 2.23. The van der Waals surface area contributed by atoms with E-state index in [0.717, 1.165) is 31.4 Å². The summed E-state index contributed by atoms with van der Waals surface area (Å²) in [5.74, 6) is -0.159. The van der Waals surface area contributed by atoms with Gasteiger partial charge in [0, 0.05) is 18.2 Å². The van der Waals surface area contributed by atoms with Crippen molar-refractivity contribution in [1.82, 2.24) is 10.6 Å². The van der Waals surface area contributed by atoms with Crippen LogP contribution in [0.25, 0.3) is 0 Å². The van der Waals surface area contributed by atoms with E-state index in [1.165, 1.54) is 6.07 Å². The molecule has 0 saturated heterocycles. The highest BCUT2D eigenvalue weighted by molar-refractivity contribution is 5.76. The van der Waals surface area contributed by atoms with Gasteiger partial charge < -0.3 is 15.4 Å². The molecule has 1 aromatic rings. The van der Waals surface area contributed by atoms with Gasteiger partial charge in [0.2, 0.25) is 5.91 Å². The first kappa shape index (κ1) is 15.8. The Labute approximate surface area is 125 Å². The molecular formula is C16H23FN2O2. The van der Waals surface area contributed by atoms with Crippen LogP contribution in [0.5, 0.6) is 5.75 Å². The molecule has 4 nitrogen and oxygen atoms in total. The SMILES string of the molecule is CCCNCc1cccc(F)c1OCCC(=O)NC1CC1. The van der Waals surface area contributed by atoms with E-state index >= 15 is 0 Å². The van der Waals surface area contributed by atoms with Crippen LogP contribution in [0.1, 0.15) is 38.2 Å². The second kappa shape index (κ2) is 7.98. The number of carbonyl (C=O) groups is 1. The molecule has 0 aromatic heterocycles. The fraction of sp³-hybridized carbons (Fsp3) is 0.562. The third-order valence-corrected chi connectivity index (χ3v) is 3.31. The summed E-state index contributed by atoms with van der Waals surface area (Å²) in [5, 5.41) is 6.11. The van der Waals surface area contributed by atoms with Crippen LogP contribution in [0, 0.1) is 5.82 Å². The van der Waals surface area contributed by atoms with Crippen molar-refractivity contribution in [3.8, 4) is 5.75 Å². The summed E-state index contributed by atoms with van der Waals surface area (Å²) in [7, 11) is 0. The van der Waals surface area contributed by atoms with E-state index < -0.39 is 0 Å². The number of amides is 1. The topological polar surface area (TPSA) is 50.4 Å². The molecule has 1 aliphatic rings. The van der Waals surface area contributed by atoms with Crippen molar-refractivity contribution in [2.75, 3.05) is 13.2 Å². The quantitative estimate of drug-likeness (QED) is 0.688. The van der Waals surface area contributed by atoms with Gasteiger partial charge in [0.25, 0.3) is 0 Å². The van der Waals surface area contributed by atoms with Crippen molar-refractivity contribution in [2.45, 2.75) is 45.2 Å². The molecule has 2 N–H and O–H groups in total. The first-order valence-corrected chi connectivity index (χ1v) is 7.61. The molecule has 0 heterocycles. The third-order valence-electron chi connectivity index (χ3n) is 3.31. The number of carbonyl (C=O) groups excluding carboxylic acids is 1. The van der Waals surface area contributed by atoms with Crippen LogP contribution in [-0.2, 0) is 11.3 Å². The number of ether oxygens (including phenoxy) is 1. The lowest BCUT2D eigenvalue weighted by Gasteiger charge is -2.13. The lowest BCUT2D eigenvalue weighted by Crippen LogP contribution is -2.26. The standard InChI is InChI=1S/C16H23FN2O2/c1-2-9-18-11-12-4-3-5-14(17)16(12)21-10-8-15(20)19-13-6-7-13/h3-5,13,18H,2,6-11H2,1H3,(H,19,20). The number of rotatable bonds is 9. The number of hydrogen-bond donors (Lipinski definition) is 2. The largest absolute Gasteiger partial charge is 0.490 e. The number of halogens is 1. The van der Waals surface area contributed by atoms with Gasteiger partial charge in [-0.15, -0.1) is 0 Å². The molecule has 5 heteroatoms. The second-order valence-electron chi connectivity index (χ2n) is 5.35. The van der Waals surface area contributed by atoms with Crippen molar-refractivity contribution < 1.29 is 13.9 Å². The third kappa shape index (κ3) is 5.34. The summed E-state index contributed by atoms with van der Waals surface area (Å²) in [6.45, 7) is 3.71. The molecule has 0 aliphatic heterocycles. The fourth-order valence-electron chi connectivity index (χ4n) is 2.03. The van der Waals surface area contributed by atoms with Crippen molar-refractivity contribution >= 4 is 5.91 Å². The predicted octanol–water partition coefficient (Wildman–Crippen LogP) is 2.37. The zero-order chi connectivity index (χ0) is 15.1. The van der Waals surface area contributed by atoms with Gasteiger partial charge in [-0.25, -0.2) is 4.39 Å². The monoisotopic (exact) mass is 294 g/mol. The minimum Gasteiger partial charge on any atom is -0.490 e. The minimum absolute atomic E-state index is 0.0282. The molecule has 0 bridgehead atoms. The normalized spacial score (nSPS) is 14.0. The number of para-hydroxylation sites is 1. The maximum Gasteiger partial charge on any atom is 0.223 e. The first-order chi connectivity index (χ1) is 10.2. The summed E-state index contributed by atoms with van der Waals surface area (Å²) in [6, 6.07) is 5.24. The maximum absolute atomic E-state index is 13.9. The average molecular weight is 294 g/mol. The fourth-order valence-corrected chi connectivity index (χ4v) is 2.03. The Balaban J connectivity index is 1.83. The Morgan fingerprint density at radius 2 is 2.24 bits per heavy atom. The van der Waals surface area contributed by atoms with Gasteiger partial charge in [0.05, 0.1) is 13.0 Å². The highest BCUT2D eigenvalue weighted by Crippen LogP contribution is 2.23. The van der Waals surface area contributed by atoms with Crippen LogP contribution in [0.2, 0.25) is 0 Å². The number of hydrogen-bond acceptors (Lipinski definition) is 3. The molecule has 0 atom stereocenters. The Hall–Kier alpha value is -1.62. The molecule has 1 aliphatic carbocycles. The maximum atomic E-state index is 13.9. The van der Waals surface area contributed by atoms with Crippen molar-refractivity contribution in [2.24, 2.45) is 0 Å². The number of nitrogens with one attached hydrogen (secondary N) is 2.